The molecular formula is C13H19FN2O2S. The molecule has 1 aromatic rings. The zero-order valence-corrected chi connectivity index (χ0v) is 12.1. The lowest BCUT2D eigenvalue weighted by molar-refractivity contribution is 0.270. The van der Waals surface area contributed by atoms with E-state index in [1.165, 1.54) is 6.07 Å². The maximum atomic E-state index is 14.3. The summed E-state index contributed by atoms with van der Waals surface area (Å²) in [6.07, 6.45) is 1.03. The highest BCUT2D eigenvalue weighted by molar-refractivity contribution is 7.90. The van der Waals surface area contributed by atoms with Gasteiger partial charge in [0.2, 0.25) is 0 Å². The van der Waals surface area contributed by atoms with Crippen LogP contribution in [0.25, 0.3) is 0 Å². The standard InChI is InChI=1S/C13H19FN2O2S/c1-3-15-7-9-16(10-8-15)11-5-4-6-12(13(11)14)19(2,17)18/h4-6H,3,7-10H2,1-2H3. The van der Waals surface area contributed by atoms with Gasteiger partial charge in [0, 0.05) is 32.4 Å². The zero-order chi connectivity index (χ0) is 14.0. The Bertz CT molecular complexity index is 552. The van der Waals surface area contributed by atoms with Gasteiger partial charge < -0.3 is 9.80 Å². The van der Waals surface area contributed by atoms with Gasteiger partial charge in [-0.25, -0.2) is 12.8 Å². The minimum Gasteiger partial charge on any atom is -0.367 e. The van der Waals surface area contributed by atoms with Crippen LogP contribution in [0.1, 0.15) is 6.92 Å². The molecule has 0 N–H and O–H groups in total. The Kier molecular flexibility index (Phi) is 4.10. The van der Waals surface area contributed by atoms with Crippen LogP contribution in [0.3, 0.4) is 0 Å². The van der Waals surface area contributed by atoms with E-state index in [1.54, 1.807) is 12.1 Å². The number of rotatable bonds is 3. The van der Waals surface area contributed by atoms with Gasteiger partial charge in [0.15, 0.2) is 15.7 Å². The molecule has 1 fully saturated rings. The van der Waals surface area contributed by atoms with Crippen LogP contribution in [0.15, 0.2) is 23.1 Å². The largest absolute Gasteiger partial charge is 0.367 e. The SMILES string of the molecule is CCN1CCN(c2cccc(S(C)(=O)=O)c2F)CC1. The summed E-state index contributed by atoms with van der Waals surface area (Å²) in [4.78, 5) is 3.98. The fourth-order valence-corrected chi connectivity index (χ4v) is 3.09. The highest BCUT2D eigenvalue weighted by Crippen LogP contribution is 2.26. The van der Waals surface area contributed by atoms with Crippen molar-refractivity contribution >= 4 is 15.5 Å². The summed E-state index contributed by atoms with van der Waals surface area (Å²) in [5, 5.41) is 0. The molecule has 1 saturated heterocycles. The van der Waals surface area contributed by atoms with Gasteiger partial charge in [0.25, 0.3) is 0 Å². The molecule has 1 aliphatic heterocycles. The molecule has 0 amide bonds. The minimum absolute atomic E-state index is 0.220. The van der Waals surface area contributed by atoms with Crippen LogP contribution in [0.5, 0.6) is 0 Å². The number of halogens is 1. The Morgan fingerprint density at radius 3 is 2.37 bits per heavy atom. The molecule has 19 heavy (non-hydrogen) atoms. The van der Waals surface area contributed by atoms with Crippen molar-refractivity contribution < 1.29 is 12.8 Å². The second kappa shape index (κ2) is 5.46. The van der Waals surface area contributed by atoms with Crippen molar-refractivity contribution in [1.29, 1.82) is 0 Å². The van der Waals surface area contributed by atoms with Crippen molar-refractivity contribution in [3.63, 3.8) is 0 Å². The third-order valence-electron chi connectivity index (χ3n) is 3.50. The number of anilines is 1. The van der Waals surface area contributed by atoms with Crippen LogP contribution in [0, 0.1) is 5.82 Å². The number of nitrogens with zero attached hydrogens (tertiary/aromatic N) is 2. The van der Waals surface area contributed by atoms with Crippen LogP contribution < -0.4 is 4.90 Å². The normalized spacial score (nSPS) is 17.7. The van der Waals surface area contributed by atoms with Crippen LogP contribution in [0.4, 0.5) is 10.1 Å². The fraction of sp³-hybridized carbons (Fsp3) is 0.538. The van der Waals surface area contributed by atoms with Gasteiger partial charge in [0.1, 0.15) is 4.90 Å². The second-order valence-corrected chi connectivity index (χ2v) is 6.77. The Labute approximate surface area is 113 Å². The molecule has 0 spiro atoms. The van der Waals surface area contributed by atoms with E-state index in [2.05, 4.69) is 11.8 Å². The van der Waals surface area contributed by atoms with Gasteiger partial charge >= 0.3 is 0 Å². The molecule has 0 saturated carbocycles. The summed E-state index contributed by atoms with van der Waals surface area (Å²) in [6, 6.07) is 4.56. The average molecular weight is 286 g/mol. The fourth-order valence-electron chi connectivity index (χ4n) is 2.33. The first-order valence-electron chi connectivity index (χ1n) is 6.39. The Hall–Kier alpha value is -1.14. The Balaban J connectivity index is 2.27. The number of hydrogen-bond donors (Lipinski definition) is 0. The van der Waals surface area contributed by atoms with Gasteiger partial charge in [-0.15, -0.1) is 0 Å². The van der Waals surface area contributed by atoms with E-state index in [0.29, 0.717) is 5.69 Å². The van der Waals surface area contributed by atoms with Gasteiger partial charge in [0.05, 0.1) is 5.69 Å². The highest BCUT2D eigenvalue weighted by atomic mass is 32.2. The summed E-state index contributed by atoms with van der Waals surface area (Å²) in [7, 11) is -3.52. The van der Waals surface area contributed by atoms with E-state index in [0.717, 1.165) is 39.0 Å². The summed E-state index contributed by atoms with van der Waals surface area (Å²) in [5.41, 5.74) is 0.388. The summed E-state index contributed by atoms with van der Waals surface area (Å²) >= 11 is 0. The number of sulfone groups is 1. The molecule has 2 rings (SSSR count). The van der Waals surface area contributed by atoms with E-state index < -0.39 is 15.7 Å². The first kappa shape index (κ1) is 14.3. The number of likely N-dealkylation sites (N-methyl/N-ethyl adjacent to an activating group) is 1. The van der Waals surface area contributed by atoms with Gasteiger partial charge in [-0.05, 0) is 18.7 Å². The summed E-state index contributed by atoms with van der Waals surface area (Å²) in [5.74, 6) is -0.630. The van der Waals surface area contributed by atoms with Gasteiger partial charge in [-0.1, -0.05) is 13.0 Å². The van der Waals surface area contributed by atoms with E-state index in [-0.39, 0.29) is 4.90 Å². The van der Waals surface area contributed by atoms with Crippen molar-refractivity contribution in [2.24, 2.45) is 0 Å². The zero-order valence-electron chi connectivity index (χ0n) is 11.3. The van der Waals surface area contributed by atoms with Crippen molar-refractivity contribution in [2.45, 2.75) is 11.8 Å². The van der Waals surface area contributed by atoms with Crippen LogP contribution in [0.2, 0.25) is 0 Å². The van der Waals surface area contributed by atoms with E-state index in [9.17, 15) is 12.8 Å². The molecule has 106 valence electrons. The predicted molar refractivity (Wildman–Crippen MR) is 73.8 cm³/mol. The monoisotopic (exact) mass is 286 g/mol. The van der Waals surface area contributed by atoms with Crippen LogP contribution in [-0.4, -0.2) is 52.3 Å². The predicted octanol–water partition coefficient (Wildman–Crippen LogP) is 1.37. The van der Waals surface area contributed by atoms with Crippen molar-refractivity contribution in [3.05, 3.63) is 24.0 Å². The average Bonchev–Trinajstić information content (AvgIpc) is 2.38. The Morgan fingerprint density at radius 1 is 1.21 bits per heavy atom. The van der Waals surface area contributed by atoms with E-state index in [4.69, 9.17) is 0 Å². The lowest BCUT2D eigenvalue weighted by Gasteiger charge is -2.35. The van der Waals surface area contributed by atoms with Crippen molar-refractivity contribution in [1.82, 2.24) is 4.90 Å². The molecular weight excluding hydrogens is 267 g/mol. The topological polar surface area (TPSA) is 40.6 Å². The number of hydrogen-bond acceptors (Lipinski definition) is 4. The molecule has 4 nitrogen and oxygen atoms in total. The molecule has 1 aromatic carbocycles. The third-order valence-corrected chi connectivity index (χ3v) is 4.62. The second-order valence-electron chi connectivity index (χ2n) is 4.78. The maximum Gasteiger partial charge on any atom is 0.178 e. The van der Waals surface area contributed by atoms with E-state index in [1.807, 2.05) is 4.90 Å². The molecule has 0 unspecified atom stereocenters. The number of piperazine rings is 1. The Morgan fingerprint density at radius 2 is 1.84 bits per heavy atom. The molecule has 6 heteroatoms. The summed E-state index contributed by atoms with van der Waals surface area (Å²) in [6.45, 7) is 6.27. The lowest BCUT2D eigenvalue weighted by atomic mass is 10.2. The van der Waals surface area contributed by atoms with Crippen molar-refractivity contribution in [3.8, 4) is 0 Å². The molecule has 0 radical (unpaired) electrons. The maximum absolute atomic E-state index is 14.3. The molecule has 0 atom stereocenters. The molecule has 1 heterocycles. The molecule has 0 bridgehead atoms. The highest BCUT2D eigenvalue weighted by Gasteiger charge is 2.22. The molecule has 1 aliphatic rings. The molecule has 0 aromatic heterocycles. The van der Waals surface area contributed by atoms with E-state index >= 15 is 0 Å². The smallest absolute Gasteiger partial charge is 0.178 e. The van der Waals surface area contributed by atoms with Crippen LogP contribution >= 0.6 is 0 Å². The summed E-state index contributed by atoms with van der Waals surface area (Å²) < 4.78 is 37.3. The number of benzene rings is 1. The first-order chi connectivity index (χ1) is 8.93. The lowest BCUT2D eigenvalue weighted by Crippen LogP contribution is -2.46. The minimum atomic E-state index is -3.52. The van der Waals surface area contributed by atoms with Crippen LogP contribution in [-0.2, 0) is 9.84 Å². The first-order valence-corrected chi connectivity index (χ1v) is 8.28. The van der Waals surface area contributed by atoms with Gasteiger partial charge in [-0.2, -0.15) is 0 Å². The van der Waals surface area contributed by atoms with Gasteiger partial charge in [-0.3, -0.25) is 0 Å². The van der Waals surface area contributed by atoms with Crippen molar-refractivity contribution in [2.75, 3.05) is 43.9 Å². The quantitative estimate of drug-likeness (QED) is 0.841. The third kappa shape index (κ3) is 3.06. The molecule has 0 aliphatic carbocycles.